The monoisotopic (exact) mass is 289 g/mol. The first-order valence-electron chi connectivity index (χ1n) is 6.55. The number of benzene rings is 2. The number of carboxylic acids is 1. The Labute approximate surface area is 122 Å². The zero-order chi connectivity index (χ0) is 15.2. The fourth-order valence-corrected chi connectivity index (χ4v) is 2.20. The summed E-state index contributed by atoms with van der Waals surface area (Å²) in [5, 5.41) is 18.4. The van der Waals surface area contributed by atoms with E-state index in [2.05, 4.69) is 0 Å². The van der Waals surface area contributed by atoms with Gasteiger partial charge in [0.05, 0.1) is 17.9 Å². The summed E-state index contributed by atoms with van der Waals surface area (Å²) in [6.45, 7) is 0.277. The van der Waals surface area contributed by atoms with Gasteiger partial charge in [-0.3, -0.25) is 0 Å². The highest BCUT2D eigenvalue weighted by Crippen LogP contribution is 2.26. The Morgan fingerprint density at radius 3 is 2.43 bits per heavy atom. The smallest absolute Gasteiger partial charge is 0.337 e. The number of aliphatic hydroxyl groups excluding tert-OH is 1. The van der Waals surface area contributed by atoms with E-state index >= 15 is 0 Å². The van der Waals surface area contributed by atoms with Crippen LogP contribution in [-0.2, 0) is 6.54 Å². The summed E-state index contributed by atoms with van der Waals surface area (Å²) >= 11 is 0. The lowest BCUT2D eigenvalue weighted by molar-refractivity contribution is 0.0697. The molecule has 0 unspecified atom stereocenters. The number of aromatic carboxylic acids is 1. The third-order valence-electron chi connectivity index (χ3n) is 3.12. The van der Waals surface area contributed by atoms with Gasteiger partial charge in [0.15, 0.2) is 0 Å². The minimum atomic E-state index is -1.19. The van der Waals surface area contributed by atoms with Gasteiger partial charge in [0.2, 0.25) is 0 Å². The molecule has 2 N–H and O–H groups in total. The zero-order valence-corrected chi connectivity index (χ0v) is 11.4. The molecule has 2 aromatic rings. The molecule has 0 aliphatic heterocycles. The molecule has 2 aromatic carbocycles. The Balaban J connectivity index is 2.41. The van der Waals surface area contributed by atoms with Crippen molar-refractivity contribution < 1.29 is 19.4 Å². The molecule has 5 heteroatoms. The molecule has 2 rings (SSSR count). The van der Waals surface area contributed by atoms with Gasteiger partial charge < -0.3 is 15.1 Å². The minimum absolute atomic E-state index is 0.00269. The van der Waals surface area contributed by atoms with E-state index in [0.29, 0.717) is 6.54 Å². The molecule has 0 aliphatic carbocycles. The Morgan fingerprint density at radius 1 is 1.10 bits per heavy atom. The molecule has 0 aromatic heterocycles. The summed E-state index contributed by atoms with van der Waals surface area (Å²) in [4.78, 5) is 12.8. The van der Waals surface area contributed by atoms with Crippen molar-refractivity contribution in [1.82, 2.24) is 0 Å². The Morgan fingerprint density at radius 2 is 1.81 bits per heavy atom. The first-order chi connectivity index (χ1) is 10.1. The van der Waals surface area contributed by atoms with Crippen LogP contribution in [-0.4, -0.2) is 29.3 Å². The van der Waals surface area contributed by atoms with Crippen molar-refractivity contribution in [1.29, 1.82) is 0 Å². The van der Waals surface area contributed by atoms with E-state index in [1.165, 1.54) is 23.1 Å². The highest BCUT2D eigenvalue weighted by molar-refractivity contribution is 5.94. The summed E-state index contributed by atoms with van der Waals surface area (Å²) in [6.07, 6.45) is 0. The highest BCUT2D eigenvalue weighted by atomic mass is 19.1. The average molecular weight is 289 g/mol. The number of para-hydroxylation sites is 1. The van der Waals surface area contributed by atoms with Crippen molar-refractivity contribution in [3.8, 4) is 0 Å². The number of hydrogen-bond donors (Lipinski definition) is 2. The number of aliphatic hydroxyl groups is 1. The summed E-state index contributed by atoms with van der Waals surface area (Å²) in [5.41, 5.74) is 0.799. The van der Waals surface area contributed by atoms with Crippen molar-refractivity contribution in [3.63, 3.8) is 0 Å². The third kappa shape index (κ3) is 3.58. The first-order valence-corrected chi connectivity index (χ1v) is 6.55. The van der Waals surface area contributed by atoms with Gasteiger partial charge in [-0.1, -0.05) is 36.4 Å². The zero-order valence-electron chi connectivity index (χ0n) is 11.4. The van der Waals surface area contributed by atoms with Gasteiger partial charge >= 0.3 is 5.97 Å². The molecule has 110 valence electrons. The van der Waals surface area contributed by atoms with Crippen LogP contribution in [0, 0.1) is 5.82 Å². The molecule has 0 atom stereocenters. The van der Waals surface area contributed by atoms with Crippen molar-refractivity contribution in [2.75, 3.05) is 18.1 Å². The molecule has 0 saturated heterocycles. The molecule has 0 amide bonds. The van der Waals surface area contributed by atoms with Crippen LogP contribution >= 0.6 is 0 Å². The minimum Gasteiger partial charge on any atom is -0.478 e. The van der Waals surface area contributed by atoms with E-state index < -0.39 is 11.8 Å². The number of carboxylic acid groups (broad SMARTS) is 1. The summed E-state index contributed by atoms with van der Waals surface area (Å²) in [7, 11) is 0. The summed E-state index contributed by atoms with van der Waals surface area (Å²) in [5.74, 6) is -1.81. The van der Waals surface area contributed by atoms with Crippen LogP contribution in [0.1, 0.15) is 15.9 Å². The largest absolute Gasteiger partial charge is 0.478 e. The van der Waals surface area contributed by atoms with Gasteiger partial charge in [0, 0.05) is 13.1 Å². The molecule has 0 aliphatic rings. The Hall–Kier alpha value is -2.40. The van der Waals surface area contributed by atoms with Gasteiger partial charge in [0.1, 0.15) is 5.82 Å². The first kappa shape index (κ1) is 15.0. The Kier molecular flexibility index (Phi) is 4.90. The average Bonchev–Trinajstić information content (AvgIpc) is 2.47. The van der Waals surface area contributed by atoms with E-state index in [1.807, 2.05) is 30.3 Å². The third-order valence-corrected chi connectivity index (χ3v) is 3.12. The van der Waals surface area contributed by atoms with Crippen LogP contribution in [0.25, 0.3) is 0 Å². The fourth-order valence-electron chi connectivity index (χ4n) is 2.20. The molecule has 0 saturated carbocycles. The van der Waals surface area contributed by atoms with E-state index in [9.17, 15) is 19.4 Å². The summed E-state index contributed by atoms with van der Waals surface area (Å²) in [6, 6.07) is 13.2. The molecule has 0 radical (unpaired) electrons. The van der Waals surface area contributed by atoms with Gasteiger partial charge in [-0.15, -0.1) is 0 Å². The normalized spacial score (nSPS) is 10.4. The molecule has 4 nitrogen and oxygen atoms in total. The van der Waals surface area contributed by atoms with Crippen LogP contribution in [0.15, 0.2) is 48.5 Å². The van der Waals surface area contributed by atoms with Crippen molar-refractivity contribution in [2.45, 2.75) is 6.54 Å². The lowest BCUT2D eigenvalue weighted by atomic mass is 10.1. The van der Waals surface area contributed by atoms with E-state index in [0.717, 1.165) is 5.56 Å². The van der Waals surface area contributed by atoms with Crippen molar-refractivity contribution >= 4 is 11.7 Å². The molecular weight excluding hydrogens is 273 g/mol. The van der Waals surface area contributed by atoms with Crippen LogP contribution in [0.4, 0.5) is 10.1 Å². The second-order valence-corrected chi connectivity index (χ2v) is 4.57. The van der Waals surface area contributed by atoms with Crippen LogP contribution in [0.5, 0.6) is 0 Å². The number of rotatable bonds is 6. The SMILES string of the molecule is O=C(O)c1cccc(F)c1N(CCO)Cc1ccccc1. The van der Waals surface area contributed by atoms with E-state index in [4.69, 9.17) is 0 Å². The van der Waals surface area contributed by atoms with Gasteiger partial charge in [-0.2, -0.15) is 0 Å². The maximum Gasteiger partial charge on any atom is 0.337 e. The number of carbonyl (C=O) groups is 1. The van der Waals surface area contributed by atoms with Crippen molar-refractivity contribution in [2.24, 2.45) is 0 Å². The Bertz CT molecular complexity index is 616. The predicted molar refractivity (Wildman–Crippen MR) is 77.9 cm³/mol. The van der Waals surface area contributed by atoms with E-state index in [-0.39, 0.29) is 24.4 Å². The summed E-state index contributed by atoms with van der Waals surface area (Å²) < 4.78 is 14.1. The number of nitrogens with zero attached hydrogens (tertiary/aromatic N) is 1. The highest BCUT2D eigenvalue weighted by Gasteiger charge is 2.20. The maximum absolute atomic E-state index is 14.1. The maximum atomic E-state index is 14.1. The molecular formula is C16H16FNO3. The number of anilines is 1. The van der Waals surface area contributed by atoms with Crippen LogP contribution in [0.2, 0.25) is 0 Å². The topological polar surface area (TPSA) is 60.8 Å². The number of halogens is 1. The molecule has 0 bridgehead atoms. The quantitative estimate of drug-likeness (QED) is 0.858. The van der Waals surface area contributed by atoms with E-state index in [1.54, 1.807) is 0 Å². The van der Waals surface area contributed by atoms with Gasteiger partial charge in [0.25, 0.3) is 0 Å². The van der Waals surface area contributed by atoms with Gasteiger partial charge in [-0.25, -0.2) is 9.18 Å². The standard InChI is InChI=1S/C16H16FNO3/c17-14-8-4-7-13(16(20)21)15(14)18(9-10-19)11-12-5-2-1-3-6-12/h1-8,19H,9-11H2,(H,20,21). The lowest BCUT2D eigenvalue weighted by Crippen LogP contribution is -2.28. The fraction of sp³-hybridized carbons (Fsp3) is 0.188. The molecule has 0 fully saturated rings. The molecule has 0 spiro atoms. The lowest BCUT2D eigenvalue weighted by Gasteiger charge is -2.26. The van der Waals surface area contributed by atoms with Crippen molar-refractivity contribution in [3.05, 3.63) is 65.5 Å². The number of hydrogen-bond acceptors (Lipinski definition) is 3. The molecule has 21 heavy (non-hydrogen) atoms. The molecule has 0 heterocycles. The second-order valence-electron chi connectivity index (χ2n) is 4.57. The van der Waals surface area contributed by atoms with Crippen LogP contribution in [0.3, 0.4) is 0 Å². The van der Waals surface area contributed by atoms with Gasteiger partial charge in [-0.05, 0) is 17.7 Å². The van der Waals surface area contributed by atoms with Crippen LogP contribution < -0.4 is 4.90 Å². The predicted octanol–water partition coefficient (Wildman–Crippen LogP) is 2.52. The second kappa shape index (κ2) is 6.85.